The molecule has 1 fully saturated rings. The molecule has 10 heteroatoms. The molecule has 2 amide bonds. The quantitative estimate of drug-likeness (QED) is 0.433. The molecule has 3 heterocycles. The molecule has 2 aliphatic heterocycles. The zero-order valence-corrected chi connectivity index (χ0v) is 18.9. The van der Waals surface area contributed by atoms with Crippen molar-refractivity contribution in [2.45, 2.75) is 23.1 Å². The molecule has 2 aromatic carbocycles. The highest BCUT2D eigenvalue weighted by Crippen LogP contribution is 2.53. The van der Waals surface area contributed by atoms with Gasteiger partial charge in [0, 0.05) is 10.8 Å². The molecule has 3 atom stereocenters. The molecular weight excluding hydrogens is 464 g/mol. The van der Waals surface area contributed by atoms with Crippen LogP contribution in [0.1, 0.15) is 33.6 Å². The number of thioether (sulfide) groups is 1. The number of aromatic hydroxyl groups is 1. The lowest BCUT2D eigenvalue weighted by Gasteiger charge is -2.29. The topological polar surface area (TPSA) is 117 Å². The molecule has 5 rings (SSSR count). The van der Waals surface area contributed by atoms with E-state index in [0.717, 1.165) is 21.8 Å². The summed E-state index contributed by atoms with van der Waals surface area (Å²) in [5.41, 5.74) is 1.43. The van der Waals surface area contributed by atoms with Gasteiger partial charge in [0.2, 0.25) is 11.8 Å². The minimum Gasteiger partial charge on any atom is -0.508 e. The van der Waals surface area contributed by atoms with Crippen LogP contribution in [0, 0.1) is 5.92 Å². The number of esters is 1. The van der Waals surface area contributed by atoms with Crippen molar-refractivity contribution in [2.24, 2.45) is 5.92 Å². The molecule has 33 heavy (non-hydrogen) atoms. The molecule has 8 nitrogen and oxygen atoms in total. The minimum atomic E-state index is -0.712. The third-order valence-corrected chi connectivity index (χ3v) is 8.11. The summed E-state index contributed by atoms with van der Waals surface area (Å²) < 4.78 is 4.99. The lowest BCUT2D eigenvalue weighted by Crippen LogP contribution is -2.32. The summed E-state index contributed by atoms with van der Waals surface area (Å²) in [5.74, 6) is -2.36. The number of anilines is 1. The number of phenols is 1. The summed E-state index contributed by atoms with van der Waals surface area (Å²) in [4.78, 5) is 55.4. The van der Waals surface area contributed by atoms with Crippen molar-refractivity contribution in [2.75, 3.05) is 11.5 Å². The van der Waals surface area contributed by atoms with Crippen molar-refractivity contribution in [3.05, 3.63) is 74.2 Å². The van der Waals surface area contributed by atoms with Gasteiger partial charge in [-0.05, 0) is 48.9 Å². The average molecular weight is 483 g/mol. The predicted molar refractivity (Wildman–Crippen MR) is 123 cm³/mol. The number of hydrogen-bond acceptors (Lipinski definition) is 8. The summed E-state index contributed by atoms with van der Waals surface area (Å²) in [6, 6.07) is 12.6. The number of imide groups is 1. The number of aromatic nitrogens is 1. The van der Waals surface area contributed by atoms with Crippen molar-refractivity contribution in [1.29, 1.82) is 0 Å². The number of fused-ring (bicyclic) bond motifs is 2. The molecule has 168 valence electrons. The van der Waals surface area contributed by atoms with E-state index in [4.69, 9.17) is 4.74 Å². The first-order valence-corrected chi connectivity index (χ1v) is 11.9. The van der Waals surface area contributed by atoms with E-state index in [1.165, 1.54) is 36.0 Å². The number of ether oxygens (including phenoxy) is 1. The number of rotatable bonds is 4. The second kappa shape index (κ2) is 8.20. The van der Waals surface area contributed by atoms with Crippen LogP contribution in [0.25, 0.3) is 0 Å². The molecule has 0 aliphatic carbocycles. The van der Waals surface area contributed by atoms with Crippen LogP contribution in [-0.2, 0) is 14.3 Å². The highest BCUT2D eigenvalue weighted by atomic mass is 32.2. The fourth-order valence-electron chi connectivity index (χ4n) is 4.27. The van der Waals surface area contributed by atoms with Gasteiger partial charge in [-0.1, -0.05) is 35.2 Å². The third kappa shape index (κ3) is 3.55. The van der Waals surface area contributed by atoms with Gasteiger partial charge in [-0.3, -0.25) is 14.4 Å². The summed E-state index contributed by atoms with van der Waals surface area (Å²) in [5, 5.41) is 9.58. The minimum absolute atomic E-state index is 0.0834. The number of nitrogens with zero attached hydrogens (tertiary/aromatic N) is 1. The number of thiazole rings is 1. The van der Waals surface area contributed by atoms with Gasteiger partial charge in [0.05, 0.1) is 28.8 Å². The Labute approximate surface area is 196 Å². The average Bonchev–Trinajstić information content (AvgIpc) is 3.29. The summed E-state index contributed by atoms with van der Waals surface area (Å²) in [7, 11) is 0. The van der Waals surface area contributed by atoms with Crippen LogP contribution in [0.2, 0.25) is 0 Å². The molecule has 3 unspecified atom stereocenters. The number of carbonyl (C=O) groups is 3. The number of hydrogen-bond donors (Lipinski definition) is 2. The van der Waals surface area contributed by atoms with Crippen LogP contribution in [0.5, 0.6) is 5.75 Å². The number of phenolic OH excluding ortho intramolecular Hbond substituents is 1. The highest BCUT2D eigenvalue weighted by molar-refractivity contribution is 8.00. The SMILES string of the molecule is CCOC(=O)c1ccc(N2C(=O)C3Sc4[nH]c(=O)sc4C(c4ccc(O)cc4)C3C2=O)cc1. The van der Waals surface area contributed by atoms with E-state index in [9.17, 15) is 24.3 Å². The molecule has 0 spiro atoms. The van der Waals surface area contributed by atoms with E-state index in [2.05, 4.69) is 4.98 Å². The number of carbonyl (C=O) groups excluding carboxylic acids is 3. The van der Waals surface area contributed by atoms with E-state index in [1.54, 1.807) is 31.2 Å². The monoisotopic (exact) mass is 482 g/mol. The van der Waals surface area contributed by atoms with Crippen molar-refractivity contribution in [1.82, 2.24) is 4.98 Å². The van der Waals surface area contributed by atoms with Crippen LogP contribution in [0.3, 0.4) is 0 Å². The standard InChI is InChI=1S/C23H18N2O6S2/c1-2-31-22(29)12-3-7-13(8-4-12)25-20(27)16-15(11-5-9-14(26)10-6-11)17-19(24-23(30)33-17)32-18(16)21(25)28/h3-10,15-16,18,26H,2H2,1H3,(H,24,30). The molecule has 3 aromatic rings. The Kier molecular flexibility index (Phi) is 5.34. The van der Waals surface area contributed by atoms with Gasteiger partial charge >= 0.3 is 10.8 Å². The second-order valence-electron chi connectivity index (χ2n) is 7.62. The maximum Gasteiger partial charge on any atom is 0.338 e. The molecule has 2 N–H and O–H groups in total. The normalized spacial score (nSPS) is 21.6. The molecule has 0 radical (unpaired) electrons. The lowest BCUT2D eigenvalue weighted by atomic mass is 9.83. The van der Waals surface area contributed by atoms with Gasteiger partial charge in [-0.2, -0.15) is 0 Å². The first-order valence-electron chi connectivity index (χ1n) is 10.2. The Morgan fingerprint density at radius 1 is 1.06 bits per heavy atom. The van der Waals surface area contributed by atoms with Crippen LogP contribution in [0.4, 0.5) is 5.69 Å². The Morgan fingerprint density at radius 2 is 1.76 bits per heavy atom. The van der Waals surface area contributed by atoms with E-state index >= 15 is 0 Å². The summed E-state index contributed by atoms with van der Waals surface area (Å²) in [6.45, 7) is 1.96. The zero-order chi connectivity index (χ0) is 23.3. The largest absolute Gasteiger partial charge is 0.508 e. The van der Waals surface area contributed by atoms with E-state index in [-0.39, 0.29) is 29.0 Å². The summed E-state index contributed by atoms with van der Waals surface area (Å²) in [6.07, 6.45) is 0. The van der Waals surface area contributed by atoms with Crippen molar-refractivity contribution < 1.29 is 24.2 Å². The van der Waals surface area contributed by atoms with Crippen LogP contribution < -0.4 is 9.77 Å². The first kappa shape index (κ1) is 21.5. The predicted octanol–water partition coefficient (Wildman–Crippen LogP) is 3.11. The van der Waals surface area contributed by atoms with Gasteiger partial charge in [0.1, 0.15) is 11.0 Å². The Hall–Kier alpha value is -3.37. The van der Waals surface area contributed by atoms with E-state index in [1.807, 2.05) is 0 Å². The van der Waals surface area contributed by atoms with Gasteiger partial charge < -0.3 is 14.8 Å². The van der Waals surface area contributed by atoms with Gasteiger partial charge in [0.15, 0.2) is 0 Å². The highest BCUT2D eigenvalue weighted by Gasteiger charge is 2.56. The first-order chi connectivity index (χ1) is 15.9. The summed E-state index contributed by atoms with van der Waals surface area (Å²) >= 11 is 2.22. The van der Waals surface area contributed by atoms with Crippen molar-refractivity contribution >= 4 is 46.6 Å². The smallest absolute Gasteiger partial charge is 0.338 e. The molecular formula is C23H18N2O6S2. The van der Waals surface area contributed by atoms with Crippen LogP contribution >= 0.6 is 23.1 Å². The zero-order valence-electron chi connectivity index (χ0n) is 17.3. The molecule has 0 saturated carbocycles. The van der Waals surface area contributed by atoms with E-state index < -0.39 is 23.1 Å². The van der Waals surface area contributed by atoms with Gasteiger partial charge in [-0.25, -0.2) is 9.69 Å². The molecule has 1 aromatic heterocycles. The van der Waals surface area contributed by atoms with Crippen LogP contribution in [-0.4, -0.2) is 39.7 Å². The Balaban J connectivity index is 1.54. The Morgan fingerprint density at radius 3 is 2.42 bits per heavy atom. The number of benzene rings is 2. The maximum absolute atomic E-state index is 13.6. The van der Waals surface area contributed by atoms with Crippen molar-refractivity contribution in [3.8, 4) is 5.75 Å². The Bertz CT molecular complexity index is 1310. The third-order valence-electron chi connectivity index (χ3n) is 5.71. The molecule has 1 saturated heterocycles. The fraction of sp³-hybridized carbons (Fsp3) is 0.217. The van der Waals surface area contributed by atoms with Gasteiger partial charge in [0.25, 0.3) is 0 Å². The van der Waals surface area contributed by atoms with Gasteiger partial charge in [-0.15, -0.1) is 0 Å². The number of aromatic amines is 1. The number of amides is 2. The van der Waals surface area contributed by atoms with Crippen molar-refractivity contribution in [3.63, 3.8) is 0 Å². The second-order valence-corrected chi connectivity index (χ2v) is 9.79. The van der Waals surface area contributed by atoms with Crippen LogP contribution in [0.15, 0.2) is 58.4 Å². The maximum atomic E-state index is 13.6. The fourth-order valence-corrected chi connectivity index (χ4v) is 6.79. The molecule has 2 aliphatic rings. The van der Waals surface area contributed by atoms with E-state index in [0.29, 0.717) is 21.2 Å². The number of H-pyrrole nitrogens is 1. The number of nitrogens with one attached hydrogen (secondary N) is 1. The molecule has 0 bridgehead atoms. The lowest BCUT2D eigenvalue weighted by molar-refractivity contribution is -0.122.